The summed E-state index contributed by atoms with van der Waals surface area (Å²) < 4.78 is 10.4. The van der Waals surface area contributed by atoms with E-state index in [-0.39, 0.29) is 146 Å². The Hall–Kier alpha value is 0.614. The first-order valence-corrected chi connectivity index (χ1v) is 8.35. The molecule has 0 fully saturated rings. The van der Waals surface area contributed by atoms with E-state index in [4.69, 9.17) is 24.6 Å². The number of benzene rings is 2. The number of hydrogen-bond acceptors (Lipinski definition) is 6. The third-order valence-electron chi connectivity index (χ3n) is 3.66. The van der Waals surface area contributed by atoms with Crippen molar-refractivity contribution in [3.63, 3.8) is 0 Å². The second kappa shape index (κ2) is 18.1. The Morgan fingerprint density at radius 2 is 1.53 bits per heavy atom. The molecule has 0 aliphatic rings. The Labute approximate surface area is 293 Å². The van der Waals surface area contributed by atoms with Crippen LogP contribution < -0.4 is 148 Å². The van der Waals surface area contributed by atoms with Crippen molar-refractivity contribution >= 4 is 28.3 Å². The molecular weight excluding hydrogens is 630 g/mol. The Morgan fingerprint density at radius 3 is 2.10 bits per heavy atom. The third-order valence-corrected chi connectivity index (χ3v) is 3.66. The monoisotopic (exact) mass is 652 g/mol. The molecule has 8 nitrogen and oxygen atoms in total. The predicted octanol–water partition coefficient (Wildman–Crippen LogP) is -3.38. The normalized spacial score (nSPS) is 9.13. The first-order valence-electron chi connectivity index (χ1n) is 8.35. The minimum atomic E-state index is -0.181. The van der Waals surface area contributed by atoms with E-state index in [1.807, 2.05) is 48.8 Å². The average Bonchev–Trinajstić information content (AvgIpc) is 3.37. The molecule has 30 heavy (non-hydrogen) atoms. The second-order valence-electron chi connectivity index (χ2n) is 5.51. The van der Waals surface area contributed by atoms with Gasteiger partial charge in [0.05, 0.1) is 6.61 Å². The number of rotatable bonds is 5. The van der Waals surface area contributed by atoms with E-state index in [9.17, 15) is 0 Å². The van der Waals surface area contributed by atoms with Gasteiger partial charge in [-0.15, -0.1) is 0 Å². The van der Waals surface area contributed by atoms with Crippen molar-refractivity contribution in [1.82, 2.24) is 9.97 Å². The number of aromatic amines is 2. The summed E-state index contributed by atoms with van der Waals surface area (Å²) in [7, 11) is 1.66. The van der Waals surface area contributed by atoms with Gasteiger partial charge in [-0.1, -0.05) is 0 Å². The maximum Gasteiger partial charge on any atom is 1.00 e. The fraction of sp³-hybridized carbons (Fsp3) is 0.150. The Kier molecular flexibility index (Phi) is 18.5. The molecule has 0 amide bonds. The molecular formula is C20H22Cs2N2O6. The van der Waals surface area contributed by atoms with Gasteiger partial charge in [0, 0.05) is 42.7 Å². The van der Waals surface area contributed by atoms with Crippen LogP contribution in [-0.4, -0.2) is 41.9 Å². The molecule has 0 radical (unpaired) electrons. The zero-order chi connectivity index (χ0) is 20.2. The van der Waals surface area contributed by atoms with Crippen LogP contribution in [0, 0.1) is 0 Å². The summed E-state index contributed by atoms with van der Waals surface area (Å²) >= 11 is 0. The van der Waals surface area contributed by atoms with E-state index in [2.05, 4.69) is 14.9 Å². The van der Waals surface area contributed by atoms with E-state index >= 15 is 0 Å². The number of phenolic OH excluding ortho intramolecular Hbond substituents is 1. The summed E-state index contributed by atoms with van der Waals surface area (Å²) in [5.74, 6) is 1.17. The van der Waals surface area contributed by atoms with Crippen LogP contribution in [-0.2, 0) is 14.4 Å². The van der Waals surface area contributed by atoms with E-state index in [1.165, 1.54) is 5.39 Å². The van der Waals surface area contributed by atoms with Crippen molar-refractivity contribution in [2.24, 2.45) is 0 Å². The summed E-state index contributed by atoms with van der Waals surface area (Å²) in [6.07, 6.45) is 3.77. The number of hydrogen-bond donors (Lipinski definition) is 3. The number of aromatic hydroxyl groups is 1. The molecule has 4 aromatic rings. The van der Waals surface area contributed by atoms with Crippen LogP contribution >= 0.6 is 0 Å². The number of carbonyl (C=O) groups is 1. The summed E-state index contributed by atoms with van der Waals surface area (Å²) in [6.45, 7) is 1.02. The Bertz CT molecular complexity index is 996. The molecule has 150 valence electrons. The number of ether oxygens (including phenoxy) is 2. The molecule has 2 aromatic heterocycles. The second-order valence-corrected chi connectivity index (χ2v) is 5.51. The molecule has 0 spiro atoms. The van der Waals surface area contributed by atoms with Gasteiger partial charge < -0.3 is 36.1 Å². The van der Waals surface area contributed by atoms with Crippen molar-refractivity contribution in [2.75, 3.05) is 20.3 Å². The summed E-state index contributed by atoms with van der Waals surface area (Å²) in [5.41, 5.74) is 2.07. The minimum absolute atomic E-state index is 0. The maximum absolute atomic E-state index is 9.03. The first kappa shape index (κ1) is 30.6. The summed E-state index contributed by atoms with van der Waals surface area (Å²) in [4.78, 5) is 17.4. The molecule has 0 aliphatic heterocycles. The van der Waals surface area contributed by atoms with Crippen molar-refractivity contribution in [3.8, 4) is 11.5 Å². The number of fused-ring (bicyclic) bond motifs is 2. The van der Waals surface area contributed by atoms with Crippen molar-refractivity contribution < 1.29 is 169 Å². The van der Waals surface area contributed by atoms with Gasteiger partial charge in [0.2, 0.25) is 0 Å². The molecule has 3 N–H and O–H groups in total. The van der Waals surface area contributed by atoms with Gasteiger partial charge in [-0.3, -0.25) is 4.79 Å². The Morgan fingerprint density at radius 1 is 0.967 bits per heavy atom. The molecule has 10 heteroatoms. The largest absolute Gasteiger partial charge is 1.00 e. The van der Waals surface area contributed by atoms with Gasteiger partial charge in [0.1, 0.15) is 18.1 Å². The van der Waals surface area contributed by atoms with Crippen LogP contribution in [0.15, 0.2) is 60.9 Å². The zero-order valence-corrected chi connectivity index (χ0v) is 29.8. The van der Waals surface area contributed by atoms with Crippen LogP contribution in [0.4, 0.5) is 0 Å². The number of nitrogens with one attached hydrogen (secondary N) is 2. The van der Waals surface area contributed by atoms with E-state index in [0.717, 1.165) is 22.2 Å². The van der Waals surface area contributed by atoms with Gasteiger partial charge in [-0.2, -0.15) is 0 Å². The maximum atomic E-state index is 9.03. The average molecular weight is 652 g/mol. The standard InChI is InChI=1S/C11H13NO2.C8H7NO.CH2O3.2Cs.H/c1-13-6-7-14-10-3-2-9-4-5-12-11(9)8-10;10-7-2-1-6-3-4-9-8(6)5-7;2-1-4-3;;;/h2-5,8,12H,6-7H2,1H3;1-5,9-10H;1,3H;;;/q;;;2*+1;-1/p-1. The van der Waals surface area contributed by atoms with Gasteiger partial charge in [0.25, 0.3) is 6.47 Å². The topological polar surface area (TPSA) is 120 Å². The molecule has 0 atom stereocenters. The molecule has 0 aliphatic carbocycles. The van der Waals surface area contributed by atoms with E-state index < -0.39 is 0 Å². The third kappa shape index (κ3) is 11.0. The first-order chi connectivity index (χ1) is 13.7. The van der Waals surface area contributed by atoms with Gasteiger partial charge in [0.15, 0.2) is 0 Å². The number of phenols is 1. The number of carbonyl (C=O) groups excluding carboxylic acids is 1. The van der Waals surface area contributed by atoms with Gasteiger partial charge >= 0.3 is 138 Å². The Balaban J connectivity index is 0. The van der Waals surface area contributed by atoms with E-state index in [1.54, 1.807) is 19.2 Å². The molecule has 2 heterocycles. The molecule has 4 rings (SSSR count). The zero-order valence-electron chi connectivity index (χ0n) is 18.3. The number of methoxy groups -OCH3 is 1. The van der Waals surface area contributed by atoms with Crippen molar-refractivity contribution in [3.05, 3.63) is 60.9 Å². The van der Waals surface area contributed by atoms with Crippen LogP contribution in [0.25, 0.3) is 21.8 Å². The van der Waals surface area contributed by atoms with Crippen molar-refractivity contribution in [1.29, 1.82) is 0 Å². The SMILES string of the molecule is COCCOc1ccc2cc[nH]c2c1.O=CO[O-].Oc1ccc2cc[nH]c2c1.[Cs+].[Cs+].[H-]. The molecule has 2 aromatic carbocycles. The van der Waals surface area contributed by atoms with Gasteiger partial charge in [-0.25, -0.2) is 0 Å². The fourth-order valence-electron chi connectivity index (χ4n) is 2.40. The van der Waals surface area contributed by atoms with Crippen LogP contribution in [0.5, 0.6) is 11.5 Å². The minimum Gasteiger partial charge on any atom is -1.00 e. The van der Waals surface area contributed by atoms with Crippen molar-refractivity contribution in [2.45, 2.75) is 0 Å². The number of aromatic nitrogens is 2. The summed E-state index contributed by atoms with van der Waals surface area (Å²) in [6, 6.07) is 15.3. The molecule has 0 saturated carbocycles. The summed E-state index contributed by atoms with van der Waals surface area (Å²) in [5, 5.41) is 19.8. The molecule has 0 bridgehead atoms. The van der Waals surface area contributed by atoms with E-state index in [0.29, 0.717) is 19.0 Å². The van der Waals surface area contributed by atoms with Gasteiger partial charge in [-0.05, 0) is 47.2 Å². The van der Waals surface area contributed by atoms with Crippen LogP contribution in [0.3, 0.4) is 0 Å². The smallest absolute Gasteiger partial charge is 1.00 e. The molecule has 0 unspecified atom stereocenters. The predicted molar refractivity (Wildman–Crippen MR) is 104 cm³/mol. The molecule has 0 saturated heterocycles. The quantitative estimate of drug-likeness (QED) is 0.0898. The fourth-order valence-corrected chi connectivity index (χ4v) is 2.40. The van der Waals surface area contributed by atoms with Crippen LogP contribution in [0.2, 0.25) is 0 Å². The van der Waals surface area contributed by atoms with Crippen LogP contribution in [0.1, 0.15) is 1.43 Å². The number of H-pyrrole nitrogens is 2.